The van der Waals surface area contributed by atoms with Gasteiger partial charge < -0.3 is 19.7 Å². The highest BCUT2D eigenvalue weighted by atomic mass is 16.5. The van der Waals surface area contributed by atoms with Crippen molar-refractivity contribution in [3.05, 3.63) is 0 Å². The molecule has 0 saturated carbocycles. The van der Waals surface area contributed by atoms with E-state index in [9.17, 15) is 0 Å². The van der Waals surface area contributed by atoms with Crippen LogP contribution >= 0.6 is 0 Å². The van der Waals surface area contributed by atoms with Crippen molar-refractivity contribution in [2.45, 2.75) is 18.9 Å². The van der Waals surface area contributed by atoms with Crippen LogP contribution in [0.4, 0.5) is 0 Å². The summed E-state index contributed by atoms with van der Waals surface area (Å²) in [6.07, 6.45) is 2.92. The van der Waals surface area contributed by atoms with Crippen LogP contribution in [-0.4, -0.2) is 64.6 Å². The van der Waals surface area contributed by atoms with E-state index in [1.54, 1.807) is 7.11 Å². The number of nitrogens with one attached hydrogen (secondary N) is 1. The lowest BCUT2D eigenvalue weighted by Crippen LogP contribution is -2.35. The third kappa shape index (κ3) is 6.10. The molecule has 4 heteroatoms. The van der Waals surface area contributed by atoms with E-state index in [0.29, 0.717) is 6.10 Å². The monoisotopic (exact) mass is 216 g/mol. The second-order valence-corrected chi connectivity index (χ2v) is 4.14. The predicted molar refractivity (Wildman–Crippen MR) is 61.2 cm³/mol. The molecule has 1 rings (SSSR count). The highest BCUT2D eigenvalue weighted by molar-refractivity contribution is 4.68. The van der Waals surface area contributed by atoms with E-state index in [0.717, 1.165) is 39.4 Å². The summed E-state index contributed by atoms with van der Waals surface area (Å²) in [5, 5.41) is 3.33. The molecule has 0 radical (unpaired) electrons. The quantitative estimate of drug-likeness (QED) is 0.593. The van der Waals surface area contributed by atoms with E-state index >= 15 is 0 Å². The van der Waals surface area contributed by atoms with E-state index < -0.39 is 0 Å². The molecule has 1 saturated heterocycles. The van der Waals surface area contributed by atoms with E-state index in [1.807, 2.05) is 0 Å². The van der Waals surface area contributed by atoms with Gasteiger partial charge in [0.1, 0.15) is 0 Å². The van der Waals surface area contributed by atoms with Crippen LogP contribution in [-0.2, 0) is 9.47 Å². The van der Waals surface area contributed by atoms with Crippen LogP contribution in [0.3, 0.4) is 0 Å². The second-order valence-electron chi connectivity index (χ2n) is 4.14. The molecule has 1 aliphatic heterocycles. The molecule has 0 bridgehead atoms. The van der Waals surface area contributed by atoms with E-state index in [2.05, 4.69) is 17.3 Å². The summed E-state index contributed by atoms with van der Waals surface area (Å²) in [5.41, 5.74) is 0. The Hall–Kier alpha value is -0.160. The Labute approximate surface area is 92.9 Å². The zero-order chi connectivity index (χ0) is 10.9. The van der Waals surface area contributed by atoms with Gasteiger partial charge in [-0.15, -0.1) is 0 Å². The minimum absolute atomic E-state index is 0.467. The Morgan fingerprint density at radius 1 is 1.47 bits per heavy atom. The Bertz CT molecular complexity index is 150. The molecule has 1 fully saturated rings. The fraction of sp³-hybridized carbons (Fsp3) is 1.00. The molecule has 15 heavy (non-hydrogen) atoms. The molecule has 0 aromatic rings. The van der Waals surface area contributed by atoms with Gasteiger partial charge in [-0.05, 0) is 19.9 Å². The number of likely N-dealkylation sites (N-methyl/N-ethyl adjacent to an activating group) is 1. The summed E-state index contributed by atoms with van der Waals surface area (Å²) in [5.74, 6) is 0. The van der Waals surface area contributed by atoms with Gasteiger partial charge in [0, 0.05) is 39.9 Å². The average molecular weight is 216 g/mol. The number of hydrogen-bond donors (Lipinski definition) is 1. The van der Waals surface area contributed by atoms with Crippen molar-refractivity contribution < 1.29 is 9.47 Å². The Morgan fingerprint density at radius 2 is 2.33 bits per heavy atom. The maximum atomic E-state index is 5.59. The maximum Gasteiger partial charge on any atom is 0.0702 e. The molecule has 0 aromatic heterocycles. The lowest BCUT2D eigenvalue weighted by Gasteiger charge is -2.20. The van der Waals surface area contributed by atoms with Crippen LogP contribution in [0.15, 0.2) is 0 Å². The number of methoxy groups -OCH3 is 1. The van der Waals surface area contributed by atoms with Gasteiger partial charge in [0.2, 0.25) is 0 Å². The summed E-state index contributed by atoms with van der Waals surface area (Å²) >= 11 is 0. The van der Waals surface area contributed by atoms with Crippen molar-refractivity contribution >= 4 is 0 Å². The minimum atomic E-state index is 0.467. The topological polar surface area (TPSA) is 33.7 Å². The van der Waals surface area contributed by atoms with Crippen molar-refractivity contribution in [3.8, 4) is 0 Å². The molecule has 0 amide bonds. The van der Waals surface area contributed by atoms with Gasteiger partial charge in [0.25, 0.3) is 0 Å². The zero-order valence-corrected chi connectivity index (χ0v) is 10.00. The standard InChI is InChI=1S/C11H24N2O2/c1-13(7-5-12-6-9-14-2)10-11-4-3-8-15-11/h11-12H,3-10H2,1-2H3/t11-/m1/s1. The zero-order valence-electron chi connectivity index (χ0n) is 10.00. The van der Waals surface area contributed by atoms with E-state index in [-0.39, 0.29) is 0 Å². The summed E-state index contributed by atoms with van der Waals surface area (Å²) in [4.78, 5) is 2.33. The summed E-state index contributed by atoms with van der Waals surface area (Å²) in [6.45, 7) is 5.83. The molecule has 0 spiro atoms. The molecule has 0 aliphatic carbocycles. The van der Waals surface area contributed by atoms with Crippen molar-refractivity contribution in [2.24, 2.45) is 0 Å². The van der Waals surface area contributed by atoms with Crippen LogP contribution in [0.25, 0.3) is 0 Å². The lowest BCUT2D eigenvalue weighted by molar-refractivity contribution is 0.0813. The number of ether oxygens (including phenoxy) is 2. The summed E-state index contributed by atoms with van der Waals surface area (Å²) in [7, 11) is 3.88. The molecule has 90 valence electrons. The fourth-order valence-corrected chi connectivity index (χ4v) is 1.80. The molecule has 0 aromatic carbocycles. The number of nitrogens with zero attached hydrogens (tertiary/aromatic N) is 1. The van der Waals surface area contributed by atoms with Crippen LogP contribution in [0.2, 0.25) is 0 Å². The molecule has 1 heterocycles. The van der Waals surface area contributed by atoms with Crippen LogP contribution in [0.1, 0.15) is 12.8 Å². The average Bonchev–Trinajstić information content (AvgIpc) is 2.70. The van der Waals surface area contributed by atoms with Gasteiger partial charge >= 0.3 is 0 Å². The Morgan fingerprint density at radius 3 is 3.00 bits per heavy atom. The molecular weight excluding hydrogens is 192 g/mol. The van der Waals surface area contributed by atoms with E-state index in [1.165, 1.54) is 12.8 Å². The first kappa shape index (κ1) is 12.9. The Balaban J connectivity index is 1.91. The van der Waals surface area contributed by atoms with Gasteiger partial charge in [0.15, 0.2) is 0 Å². The minimum Gasteiger partial charge on any atom is -0.383 e. The molecule has 1 N–H and O–H groups in total. The molecule has 4 nitrogen and oxygen atoms in total. The molecule has 1 atom stereocenters. The predicted octanol–water partition coefficient (Wildman–Crippen LogP) is 0.333. The molecule has 0 unspecified atom stereocenters. The molecular formula is C11H24N2O2. The number of rotatable bonds is 8. The van der Waals surface area contributed by atoms with Crippen LogP contribution < -0.4 is 5.32 Å². The fourth-order valence-electron chi connectivity index (χ4n) is 1.80. The third-order valence-electron chi connectivity index (χ3n) is 2.69. The van der Waals surface area contributed by atoms with Gasteiger partial charge in [0.05, 0.1) is 12.7 Å². The van der Waals surface area contributed by atoms with Gasteiger partial charge in [-0.3, -0.25) is 0 Å². The first-order chi connectivity index (χ1) is 7.33. The maximum absolute atomic E-state index is 5.59. The van der Waals surface area contributed by atoms with Crippen molar-refractivity contribution in [1.82, 2.24) is 10.2 Å². The van der Waals surface area contributed by atoms with Crippen molar-refractivity contribution in [2.75, 3.05) is 53.6 Å². The lowest BCUT2D eigenvalue weighted by atomic mass is 10.2. The largest absolute Gasteiger partial charge is 0.383 e. The normalized spacial score (nSPS) is 21.4. The van der Waals surface area contributed by atoms with E-state index in [4.69, 9.17) is 9.47 Å². The van der Waals surface area contributed by atoms with Crippen molar-refractivity contribution in [1.29, 1.82) is 0 Å². The van der Waals surface area contributed by atoms with Gasteiger partial charge in [-0.1, -0.05) is 0 Å². The highest BCUT2D eigenvalue weighted by Crippen LogP contribution is 2.12. The molecule has 1 aliphatic rings. The van der Waals surface area contributed by atoms with Gasteiger partial charge in [-0.2, -0.15) is 0 Å². The second kappa shape index (κ2) is 8.05. The van der Waals surface area contributed by atoms with Crippen LogP contribution in [0, 0.1) is 0 Å². The summed E-state index contributed by atoms with van der Waals surface area (Å²) in [6, 6.07) is 0. The highest BCUT2D eigenvalue weighted by Gasteiger charge is 2.16. The third-order valence-corrected chi connectivity index (χ3v) is 2.69. The van der Waals surface area contributed by atoms with Gasteiger partial charge in [-0.25, -0.2) is 0 Å². The Kier molecular flexibility index (Phi) is 6.92. The van der Waals surface area contributed by atoms with Crippen molar-refractivity contribution in [3.63, 3.8) is 0 Å². The smallest absolute Gasteiger partial charge is 0.0702 e. The summed E-state index contributed by atoms with van der Waals surface area (Å²) < 4.78 is 10.5. The SMILES string of the molecule is COCCNCCN(C)C[C@H]1CCCO1. The number of hydrogen-bond acceptors (Lipinski definition) is 4. The first-order valence-corrected chi connectivity index (χ1v) is 5.82. The first-order valence-electron chi connectivity index (χ1n) is 5.82. The van der Waals surface area contributed by atoms with Crippen LogP contribution in [0.5, 0.6) is 0 Å².